The summed E-state index contributed by atoms with van der Waals surface area (Å²) in [5.41, 5.74) is 2.22. The lowest BCUT2D eigenvalue weighted by molar-refractivity contribution is -0.142. The van der Waals surface area contributed by atoms with Crippen LogP contribution in [0, 0.1) is 11.8 Å². The molecular formula is C17H19ClN2O2S. The first kappa shape index (κ1) is 16.4. The smallest absolute Gasteiger partial charge is 0.308 e. The molecule has 0 spiro atoms. The van der Waals surface area contributed by atoms with Crippen molar-refractivity contribution in [2.75, 3.05) is 13.1 Å². The topological polar surface area (TPSA) is 53.4 Å². The maximum atomic E-state index is 11.2. The Balaban J connectivity index is 1.59. The molecular weight excluding hydrogens is 332 g/mol. The van der Waals surface area contributed by atoms with E-state index in [1.165, 1.54) is 5.56 Å². The molecule has 23 heavy (non-hydrogen) atoms. The zero-order chi connectivity index (χ0) is 16.4. The van der Waals surface area contributed by atoms with E-state index in [1.54, 1.807) is 11.3 Å². The molecule has 2 atom stereocenters. The van der Waals surface area contributed by atoms with E-state index in [1.807, 2.05) is 31.2 Å². The van der Waals surface area contributed by atoms with Crippen molar-refractivity contribution in [3.63, 3.8) is 0 Å². The van der Waals surface area contributed by atoms with E-state index in [2.05, 4.69) is 15.3 Å². The van der Waals surface area contributed by atoms with Gasteiger partial charge in [-0.25, -0.2) is 4.98 Å². The standard InChI is InChI=1S/C17H19ClN2O2S/c1-11-7-20(9-15(11)17(21)22)8-14-10-23-16(19-14)6-12-2-4-13(18)5-3-12/h2-5,10-11,15H,6-9H2,1H3,(H,21,22)/t11-,15-/m1/s1. The molecule has 1 N–H and O–H groups in total. The summed E-state index contributed by atoms with van der Waals surface area (Å²) >= 11 is 7.55. The van der Waals surface area contributed by atoms with Crippen LogP contribution in [-0.4, -0.2) is 34.0 Å². The third-order valence-electron chi connectivity index (χ3n) is 4.26. The summed E-state index contributed by atoms with van der Waals surface area (Å²) in [4.78, 5) is 18.1. The number of carboxylic acid groups (broad SMARTS) is 1. The third kappa shape index (κ3) is 4.10. The highest BCUT2D eigenvalue weighted by Gasteiger charge is 2.34. The van der Waals surface area contributed by atoms with Crippen LogP contribution in [0.5, 0.6) is 0 Å². The van der Waals surface area contributed by atoms with Crippen molar-refractivity contribution in [1.29, 1.82) is 0 Å². The van der Waals surface area contributed by atoms with Crippen LogP contribution in [0.4, 0.5) is 0 Å². The van der Waals surface area contributed by atoms with Gasteiger partial charge < -0.3 is 5.11 Å². The summed E-state index contributed by atoms with van der Waals surface area (Å²) in [5, 5.41) is 13.1. The number of carboxylic acids is 1. The molecule has 1 aliphatic heterocycles. The molecule has 4 nitrogen and oxygen atoms in total. The molecule has 0 aliphatic carbocycles. The molecule has 1 fully saturated rings. The highest BCUT2D eigenvalue weighted by Crippen LogP contribution is 2.25. The first-order valence-corrected chi connectivity index (χ1v) is 8.90. The Hall–Kier alpha value is -1.43. The highest BCUT2D eigenvalue weighted by molar-refractivity contribution is 7.09. The van der Waals surface area contributed by atoms with Crippen molar-refractivity contribution in [1.82, 2.24) is 9.88 Å². The summed E-state index contributed by atoms with van der Waals surface area (Å²) < 4.78 is 0. The Morgan fingerprint density at radius 3 is 2.78 bits per heavy atom. The van der Waals surface area contributed by atoms with Crippen LogP contribution in [-0.2, 0) is 17.8 Å². The number of aliphatic carboxylic acids is 1. The molecule has 122 valence electrons. The largest absolute Gasteiger partial charge is 0.481 e. The summed E-state index contributed by atoms with van der Waals surface area (Å²) in [6, 6.07) is 7.82. The molecule has 1 aliphatic rings. The average molecular weight is 351 g/mol. The second-order valence-corrected chi connectivity index (χ2v) is 7.53. The predicted molar refractivity (Wildman–Crippen MR) is 91.9 cm³/mol. The monoisotopic (exact) mass is 350 g/mol. The second kappa shape index (κ2) is 6.99. The fourth-order valence-electron chi connectivity index (χ4n) is 3.03. The number of rotatable bonds is 5. The first-order chi connectivity index (χ1) is 11.0. The lowest BCUT2D eigenvalue weighted by Crippen LogP contribution is -2.23. The van der Waals surface area contributed by atoms with E-state index in [9.17, 15) is 9.90 Å². The van der Waals surface area contributed by atoms with Gasteiger partial charge in [0, 0.05) is 36.5 Å². The van der Waals surface area contributed by atoms with E-state index in [0.29, 0.717) is 6.54 Å². The van der Waals surface area contributed by atoms with Gasteiger partial charge in [-0.3, -0.25) is 9.69 Å². The van der Waals surface area contributed by atoms with Gasteiger partial charge in [0.05, 0.1) is 16.6 Å². The van der Waals surface area contributed by atoms with Gasteiger partial charge in [-0.05, 0) is 23.6 Å². The maximum absolute atomic E-state index is 11.2. The molecule has 6 heteroatoms. The number of benzene rings is 1. The summed E-state index contributed by atoms with van der Waals surface area (Å²) in [6.45, 7) is 4.17. The van der Waals surface area contributed by atoms with Gasteiger partial charge in [0.1, 0.15) is 0 Å². The minimum Gasteiger partial charge on any atom is -0.481 e. The molecule has 0 amide bonds. The van der Waals surface area contributed by atoms with Crippen molar-refractivity contribution < 1.29 is 9.90 Å². The molecule has 3 rings (SSSR count). The molecule has 1 aromatic heterocycles. The molecule has 1 saturated heterocycles. The van der Waals surface area contributed by atoms with E-state index >= 15 is 0 Å². The third-order valence-corrected chi connectivity index (χ3v) is 5.41. The second-order valence-electron chi connectivity index (χ2n) is 6.15. The average Bonchev–Trinajstić information content (AvgIpc) is 3.08. The Morgan fingerprint density at radius 1 is 1.39 bits per heavy atom. The van der Waals surface area contributed by atoms with Crippen molar-refractivity contribution in [3.8, 4) is 0 Å². The summed E-state index contributed by atoms with van der Waals surface area (Å²) in [6.07, 6.45) is 0.802. The summed E-state index contributed by atoms with van der Waals surface area (Å²) in [7, 11) is 0. The molecule has 0 radical (unpaired) electrons. The molecule has 2 aromatic rings. The Bertz CT molecular complexity index is 686. The maximum Gasteiger partial charge on any atom is 0.308 e. The van der Waals surface area contributed by atoms with Gasteiger partial charge in [0.15, 0.2) is 0 Å². The number of carbonyl (C=O) groups is 1. The SMILES string of the molecule is C[C@@H]1CN(Cc2csc(Cc3ccc(Cl)cc3)n2)C[C@H]1C(=O)O. The fourth-order valence-corrected chi connectivity index (χ4v) is 3.97. The van der Waals surface area contributed by atoms with Crippen LogP contribution in [0.1, 0.15) is 23.2 Å². The van der Waals surface area contributed by atoms with Gasteiger partial charge in [-0.1, -0.05) is 30.7 Å². The number of hydrogen-bond donors (Lipinski definition) is 1. The van der Waals surface area contributed by atoms with Crippen molar-refractivity contribution in [2.24, 2.45) is 11.8 Å². The van der Waals surface area contributed by atoms with Crippen molar-refractivity contribution >= 4 is 28.9 Å². The van der Waals surface area contributed by atoms with Crippen molar-refractivity contribution in [2.45, 2.75) is 19.9 Å². The van der Waals surface area contributed by atoms with Gasteiger partial charge in [-0.15, -0.1) is 11.3 Å². The van der Waals surface area contributed by atoms with Crippen LogP contribution < -0.4 is 0 Å². The number of hydrogen-bond acceptors (Lipinski definition) is 4. The number of aromatic nitrogens is 1. The quantitative estimate of drug-likeness (QED) is 0.896. The van der Waals surface area contributed by atoms with Crippen LogP contribution >= 0.6 is 22.9 Å². The fraction of sp³-hybridized carbons (Fsp3) is 0.412. The number of nitrogens with zero attached hydrogens (tertiary/aromatic N) is 2. The molecule has 0 unspecified atom stereocenters. The Labute approximate surface area is 144 Å². The van der Waals surface area contributed by atoms with Crippen LogP contribution in [0.2, 0.25) is 5.02 Å². The normalized spacial score (nSPS) is 21.7. The number of thiazole rings is 1. The highest BCUT2D eigenvalue weighted by atomic mass is 35.5. The zero-order valence-electron chi connectivity index (χ0n) is 12.9. The van der Waals surface area contributed by atoms with Gasteiger partial charge >= 0.3 is 5.97 Å². The molecule has 1 aromatic carbocycles. The van der Waals surface area contributed by atoms with E-state index < -0.39 is 5.97 Å². The van der Waals surface area contributed by atoms with E-state index in [0.717, 1.165) is 35.2 Å². The van der Waals surface area contributed by atoms with Crippen LogP contribution in [0.15, 0.2) is 29.6 Å². The summed E-state index contributed by atoms with van der Waals surface area (Å²) in [5.74, 6) is -0.761. The molecule has 0 bridgehead atoms. The van der Waals surface area contributed by atoms with Gasteiger partial charge in [-0.2, -0.15) is 0 Å². The number of halogens is 1. The number of likely N-dealkylation sites (tertiary alicyclic amines) is 1. The Kier molecular flexibility index (Phi) is 4.99. The first-order valence-electron chi connectivity index (χ1n) is 7.64. The predicted octanol–water partition coefficient (Wildman–Crippen LogP) is 3.54. The lowest BCUT2D eigenvalue weighted by atomic mass is 9.99. The van der Waals surface area contributed by atoms with E-state index in [4.69, 9.17) is 11.6 Å². The van der Waals surface area contributed by atoms with Crippen LogP contribution in [0.25, 0.3) is 0 Å². The van der Waals surface area contributed by atoms with E-state index in [-0.39, 0.29) is 11.8 Å². The van der Waals surface area contributed by atoms with Crippen molar-refractivity contribution in [3.05, 3.63) is 50.9 Å². The Morgan fingerprint density at radius 2 is 2.13 bits per heavy atom. The minimum atomic E-state index is -0.693. The lowest BCUT2D eigenvalue weighted by Gasteiger charge is -2.13. The zero-order valence-corrected chi connectivity index (χ0v) is 14.5. The van der Waals surface area contributed by atoms with Gasteiger partial charge in [0.25, 0.3) is 0 Å². The molecule has 2 heterocycles. The van der Waals surface area contributed by atoms with Gasteiger partial charge in [0.2, 0.25) is 0 Å². The van der Waals surface area contributed by atoms with Crippen LogP contribution in [0.3, 0.4) is 0 Å². The molecule has 0 saturated carbocycles. The minimum absolute atomic E-state index is 0.194.